The van der Waals surface area contributed by atoms with Crippen molar-refractivity contribution in [2.45, 2.75) is 25.3 Å². The number of anilines is 1. The van der Waals surface area contributed by atoms with Crippen LogP contribution in [0.1, 0.15) is 40.5 Å². The minimum atomic E-state index is -0.163. The van der Waals surface area contributed by atoms with Crippen molar-refractivity contribution < 1.29 is 4.79 Å². The average molecular weight is 342 g/mol. The van der Waals surface area contributed by atoms with Crippen LogP contribution in [0.4, 0.5) is 5.95 Å². The molecule has 25 heavy (non-hydrogen) atoms. The molecular formula is C18H26N6O. The Bertz CT molecular complexity index is 716. The van der Waals surface area contributed by atoms with Crippen molar-refractivity contribution in [3.05, 3.63) is 41.2 Å². The summed E-state index contributed by atoms with van der Waals surface area (Å²) in [6.45, 7) is 2.83. The molecule has 1 aromatic heterocycles. The zero-order valence-corrected chi connectivity index (χ0v) is 15.1. The number of carbonyl (C=O) groups excluding carboxylic acids is 1. The predicted molar refractivity (Wildman–Crippen MR) is 97.6 cm³/mol. The smallest absolute Gasteiger partial charge is 0.258 e. The van der Waals surface area contributed by atoms with E-state index in [4.69, 9.17) is 0 Å². The summed E-state index contributed by atoms with van der Waals surface area (Å²) in [5, 5.41) is 10.7. The molecule has 1 fully saturated rings. The summed E-state index contributed by atoms with van der Waals surface area (Å²) in [5.41, 5.74) is 1.79. The summed E-state index contributed by atoms with van der Waals surface area (Å²) in [6, 6.07) is 7.65. The average Bonchev–Trinajstić information content (AvgIpc) is 2.96. The van der Waals surface area contributed by atoms with Crippen molar-refractivity contribution in [3.8, 4) is 0 Å². The fourth-order valence-electron chi connectivity index (χ4n) is 3.07. The molecule has 7 heteroatoms. The van der Waals surface area contributed by atoms with Crippen LogP contribution in [0.3, 0.4) is 0 Å². The third-order valence-electron chi connectivity index (χ3n) is 4.42. The van der Waals surface area contributed by atoms with Crippen LogP contribution in [0.25, 0.3) is 0 Å². The molecule has 2 heterocycles. The van der Waals surface area contributed by atoms with Crippen molar-refractivity contribution in [2.24, 2.45) is 7.05 Å². The molecule has 0 bridgehead atoms. The number of piperidine rings is 1. The third kappa shape index (κ3) is 4.43. The van der Waals surface area contributed by atoms with Gasteiger partial charge < -0.3 is 10.2 Å². The molecular weight excluding hydrogens is 316 g/mol. The first-order valence-electron chi connectivity index (χ1n) is 8.69. The minimum Gasteiger partial charge on any atom is -0.317 e. The lowest BCUT2D eigenvalue weighted by Gasteiger charge is -2.19. The highest BCUT2D eigenvalue weighted by Gasteiger charge is 2.21. The Balaban J connectivity index is 1.67. The third-order valence-corrected chi connectivity index (χ3v) is 4.42. The molecule has 3 rings (SSSR count). The number of aromatic nitrogens is 3. The lowest BCUT2D eigenvalue weighted by Crippen LogP contribution is -2.27. The fraction of sp³-hybridized carbons (Fsp3) is 0.500. The predicted octanol–water partition coefficient (Wildman–Crippen LogP) is 1.60. The second-order valence-electron chi connectivity index (χ2n) is 6.83. The Morgan fingerprint density at radius 2 is 1.96 bits per heavy atom. The molecule has 0 saturated carbocycles. The van der Waals surface area contributed by atoms with E-state index in [0.717, 1.165) is 38.3 Å². The van der Waals surface area contributed by atoms with Crippen molar-refractivity contribution in [1.29, 1.82) is 0 Å². The van der Waals surface area contributed by atoms with Crippen LogP contribution < -0.4 is 10.6 Å². The van der Waals surface area contributed by atoms with Gasteiger partial charge in [0.15, 0.2) is 5.82 Å². The first-order valence-corrected chi connectivity index (χ1v) is 8.69. The largest absolute Gasteiger partial charge is 0.317 e. The molecule has 1 aliphatic heterocycles. The normalized spacial score (nSPS) is 15.5. The molecule has 1 saturated heterocycles. The maximum Gasteiger partial charge on any atom is 0.258 e. The van der Waals surface area contributed by atoms with Gasteiger partial charge in [0.05, 0.1) is 0 Å². The van der Waals surface area contributed by atoms with Crippen LogP contribution in [0.5, 0.6) is 0 Å². The maximum absolute atomic E-state index is 12.5. The first-order chi connectivity index (χ1) is 12.0. The Morgan fingerprint density at radius 3 is 2.60 bits per heavy atom. The Kier molecular flexibility index (Phi) is 5.45. The number of benzene rings is 1. The second kappa shape index (κ2) is 7.76. The summed E-state index contributed by atoms with van der Waals surface area (Å²) in [7, 11) is 5.86. The van der Waals surface area contributed by atoms with Gasteiger partial charge in [-0.1, -0.05) is 12.1 Å². The van der Waals surface area contributed by atoms with E-state index in [1.807, 2.05) is 45.4 Å². The fourth-order valence-corrected chi connectivity index (χ4v) is 3.07. The monoisotopic (exact) mass is 342 g/mol. The Hall–Kier alpha value is -2.25. The van der Waals surface area contributed by atoms with Gasteiger partial charge >= 0.3 is 0 Å². The zero-order valence-electron chi connectivity index (χ0n) is 15.1. The molecule has 0 aliphatic carbocycles. The van der Waals surface area contributed by atoms with E-state index >= 15 is 0 Å². The number of rotatable bonds is 5. The van der Waals surface area contributed by atoms with Crippen molar-refractivity contribution in [1.82, 2.24) is 25.0 Å². The second-order valence-corrected chi connectivity index (χ2v) is 6.83. The molecule has 0 unspecified atom stereocenters. The van der Waals surface area contributed by atoms with Crippen LogP contribution >= 0.6 is 0 Å². The number of aryl methyl sites for hydroxylation is 1. The maximum atomic E-state index is 12.5. The van der Waals surface area contributed by atoms with Gasteiger partial charge in [-0.3, -0.25) is 10.1 Å². The Morgan fingerprint density at radius 1 is 1.28 bits per heavy atom. The number of hydrogen-bond acceptors (Lipinski definition) is 5. The quantitative estimate of drug-likeness (QED) is 0.863. The van der Waals surface area contributed by atoms with Crippen molar-refractivity contribution >= 4 is 11.9 Å². The summed E-state index contributed by atoms with van der Waals surface area (Å²) < 4.78 is 1.65. The Labute approximate surface area is 148 Å². The van der Waals surface area contributed by atoms with Gasteiger partial charge in [-0.25, -0.2) is 4.68 Å². The van der Waals surface area contributed by atoms with Crippen LogP contribution in [-0.4, -0.2) is 52.8 Å². The molecule has 2 N–H and O–H groups in total. The van der Waals surface area contributed by atoms with Crippen LogP contribution in [0.15, 0.2) is 24.3 Å². The summed E-state index contributed by atoms with van der Waals surface area (Å²) in [6.07, 6.45) is 2.06. The summed E-state index contributed by atoms with van der Waals surface area (Å²) >= 11 is 0. The van der Waals surface area contributed by atoms with Crippen molar-refractivity contribution in [3.63, 3.8) is 0 Å². The molecule has 2 aromatic rings. The van der Waals surface area contributed by atoms with Gasteiger partial charge in [-0.2, -0.15) is 10.1 Å². The number of nitrogens with zero attached hydrogens (tertiary/aromatic N) is 4. The SMILES string of the molecule is CN(C)Cc1ccc(C(=O)Nc2nc(C3CCNCC3)nn2C)cc1. The van der Waals surface area contributed by atoms with E-state index in [1.54, 1.807) is 4.68 Å². The summed E-state index contributed by atoms with van der Waals surface area (Å²) in [5.74, 6) is 1.52. The molecule has 1 aliphatic rings. The van der Waals surface area contributed by atoms with E-state index in [2.05, 4.69) is 25.6 Å². The molecule has 0 radical (unpaired) electrons. The van der Waals surface area contributed by atoms with Crippen LogP contribution in [-0.2, 0) is 13.6 Å². The van der Waals surface area contributed by atoms with Gasteiger partial charge in [-0.15, -0.1) is 0 Å². The van der Waals surface area contributed by atoms with Gasteiger partial charge in [-0.05, 0) is 57.7 Å². The highest BCUT2D eigenvalue weighted by atomic mass is 16.1. The standard InChI is InChI=1S/C18H26N6O/c1-23(2)12-13-4-6-15(7-5-13)17(25)21-18-20-16(22-24(18)3)14-8-10-19-11-9-14/h4-7,14,19H,8-12H2,1-3H3,(H,20,21,22,25). The lowest BCUT2D eigenvalue weighted by atomic mass is 9.98. The van der Waals surface area contributed by atoms with Crippen LogP contribution in [0, 0.1) is 0 Å². The van der Waals surface area contributed by atoms with Gasteiger partial charge in [0, 0.05) is 25.1 Å². The molecule has 134 valence electrons. The van der Waals surface area contributed by atoms with Crippen molar-refractivity contribution in [2.75, 3.05) is 32.5 Å². The van der Waals surface area contributed by atoms with E-state index in [-0.39, 0.29) is 5.91 Å². The number of carbonyl (C=O) groups is 1. The molecule has 1 aromatic carbocycles. The number of hydrogen-bond donors (Lipinski definition) is 2. The molecule has 0 spiro atoms. The van der Waals surface area contributed by atoms with Crippen LogP contribution in [0.2, 0.25) is 0 Å². The first kappa shape index (κ1) is 17.6. The van der Waals surface area contributed by atoms with Gasteiger partial charge in [0.25, 0.3) is 5.91 Å². The zero-order chi connectivity index (χ0) is 17.8. The van der Waals surface area contributed by atoms with E-state index in [0.29, 0.717) is 17.4 Å². The minimum absolute atomic E-state index is 0.163. The van der Waals surface area contributed by atoms with E-state index < -0.39 is 0 Å². The number of nitrogens with one attached hydrogen (secondary N) is 2. The van der Waals surface area contributed by atoms with E-state index in [1.165, 1.54) is 5.56 Å². The summed E-state index contributed by atoms with van der Waals surface area (Å²) in [4.78, 5) is 19.1. The topological polar surface area (TPSA) is 75.1 Å². The van der Waals surface area contributed by atoms with Gasteiger partial charge in [0.2, 0.25) is 5.95 Å². The molecule has 7 nitrogen and oxygen atoms in total. The number of amides is 1. The molecule has 0 atom stereocenters. The van der Waals surface area contributed by atoms with Gasteiger partial charge in [0.1, 0.15) is 0 Å². The molecule has 1 amide bonds. The highest BCUT2D eigenvalue weighted by molar-refractivity contribution is 6.03. The highest BCUT2D eigenvalue weighted by Crippen LogP contribution is 2.23. The lowest BCUT2D eigenvalue weighted by molar-refractivity contribution is 0.102. The van der Waals surface area contributed by atoms with E-state index in [9.17, 15) is 4.79 Å².